The Labute approximate surface area is 186 Å². The standard InChI is InChI=1S/C22H27ClN4O4/c1-14(2)27-19(8-11-24-27)25-20(28)15(3)31-22(30)17-9-12-26(13-10-17)21(29)16-4-6-18(23)7-5-16/h4-8,11,14-15,17H,9-10,12-13H2,1-3H3,(H,25,28). The van der Waals surface area contributed by atoms with Crippen molar-refractivity contribution in [1.29, 1.82) is 0 Å². The van der Waals surface area contributed by atoms with Gasteiger partial charge in [-0.2, -0.15) is 5.10 Å². The number of esters is 1. The molecule has 2 amide bonds. The lowest BCUT2D eigenvalue weighted by atomic mass is 9.96. The summed E-state index contributed by atoms with van der Waals surface area (Å²) in [6.45, 7) is 6.36. The number of amides is 2. The van der Waals surface area contributed by atoms with E-state index in [9.17, 15) is 14.4 Å². The molecule has 1 aliphatic heterocycles. The summed E-state index contributed by atoms with van der Waals surface area (Å²) in [5, 5.41) is 7.49. The van der Waals surface area contributed by atoms with Crippen LogP contribution >= 0.6 is 11.6 Å². The zero-order chi connectivity index (χ0) is 22.5. The van der Waals surface area contributed by atoms with Crippen LogP contribution in [-0.4, -0.2) is 51.7 Å². The second-order valence-corrected chi connectivity index (χ2v) is 8.33. The van der Waals surface area contributed by atoms with Gasteiger partial charge >= 0.3 is 5.97 Å². The minimum Gasteiger partial charge on any atom is -0.452 e. The summed E-state index contributed by atoms with van der Waals surface area (Å²) in [4.78, 5) is 39.3. The molecule has 3 rings (SSSR count). The maximum absolute atomic E-state index is 12.6. The van der Waals surface area contributed by atoms with Gasteiger partial charge in [-0.15, -0.1) is 0 Å². The molecule has 9 heteroatoms. The maximum atomic E-state index is 12.6. The van der Waals surface area contributed by atoms with E-state index in [1.54, 1.807) is 53.0 Å². The summed E-state index contributed by atoms with van der Waals surface area (Å²) < 4.78 is 7.08. The molecule has 0 aliphatic carbocycles. The van der Waals surface area contributed by atoms with Crippen molar-refractivity contribution in [1.82, 2.24) is 14.7 Å². The van der Waals surface area contributed by atoms with E-state index in [-0.39, 0.29) is 17.9 Å². The maximum Gasteiger partial charge on any atom is 0.309 e. The topological polar surface area (TPSA) is 93.5 Å². The molecule has 1 aliphatic rings. The number of aromatic nitrogens is 2. The Balaban J connectivity index is 1.49. The number of carbonyl (C=O) groups is 3. The van der Waals surface area contributed by atoms with Crippen LogP contribution in [0.3, 0.4) is 0 Å². The first kappa shape index (κ1) is 22.8. The molecule has 1 unspecified atom stereocenters. The number of hydrogen-bond donors (Lipinski definition) is 1. The molecule has 2 aromatic rings. The average molecular weight is 447 g/mol. The molecule has 1 N–H and O–H groups in total. The average Bonchev–Trinajstić information content (AvgIpc) is 3.22. The molecule has 166 valence electrons. The van der Waals surface area contributed by atoms with Crippen LogP contribution in [0.15, 0.2) is 36.5 Å². The smallest absolute Gasteiger partial charge is 0.309 e. The fourth-order valence-corrected chi connectivity index (χ4v) is 3.60. The van der Waals surface area contributed by atoms with Gasteiger partial charge in [0.05, 0.1) is 12.1 Å². The minimum atomic E-state index is -0.934. The lowest BCUT2D eigenvalue weighted by molar-refractivity contribution is -0.158. The summed E-state index contributed by atoms with van der Waals surface area (Å²) in [7, 11) is 0. The van der Waals surface area contributed by atoms with Crippen molar-refractivity contribution in [3.63, 3.8) is 0 Å². The van der Waals surface area contributed by atoms with Gasteiger partial charge in [-0.25, -0.2) is 4.68 Å². The molecular formula is C22H27ClN4O4. The Morgan fingerprint density at radius 1 is 1.10 bits per heavy atom. The number of ether oxygens (including phenoxy) is 1. The molecule has 2 heterocycles. The molecule has 1 aromatic heterocycles. The Kier molecular flexibility index (Phi) is 7.33. The van der Waals surface area contributed by atoms with E-state index in [2.05, 4.69) is 10.4 Å². The lowest BCUT2D eigenvalue weighted by Gasteiger charge is -2.31. The third-order valence-electron chi connectivity index (χ3n) is 5.28. The van der Waals surface area contributed by atoms with Crippen LogP contribution in [0.5, 0.6) is 0 Å². The molecule has 1 aromatic carbocycles. The predicted octanol–water partition coefficient (Wildman–Crippen LogP) is 3.54. The quantitative estimate of drug-likeness (QED) is 0.685. The van der Waals surface area contributed by atoms with Gasteiger partial charge in [0.2, 0.25) is 0 Å². The number of halogens is 1. The zero-order valence-corrected chi connectivity index (χ0v) is 18.6. The molecule has 1 fully saturated rings. The van der Waals surface area contributed by atoms with E-state index in [0.29, 0.717) is 42.3 Å². The summed E-state index contributed by atoms with van der Waals surface area (Å²) >= 11 is 5.87. The lowest BCUT2D eigenvalue weighted by Crippen LogP contribution is -2.41. The monoisotopic (exact) mass is 446 g/mol. The highest BCUT2D eigenvalue weighted by Crippen LogP contribution is 2.22. The highest BCUT2D eigenvalue weighted by atomic mass is 35.5. The van der Waals surface area contributed by atoms with Crippen LogP contribution in [-0.2, 0) is 14.3 Å². The fourth-order valence-electron chi connectivity index (χ4n) is 3.47. The van der Waals surface area contributed by atoms with Gasteiger partial charge in [-0.1, -0.05) is 11.6 Å². The highest BCUT2D eigenvalue weighted by molar-refractivity contribution is 6.30. The number of rotatable bonds is 6. The van der Waals surface area contributed by atoms with Crippen molar-refractivity contribution in [3.05, 3.63) is 47.1 Å². The van der Waals surface area contributed by atoms with Crippen LogP contribution in [0.2, 0.25) is 5.02 Å². The van der Waals surface area contributed by atoms with Gasteiger partial charge in [-0.05, 0) is 57.9 Å². The SMILES string of the molecule is CC(OC(=O)C1CCN(C(=O)c2ccc(Cl)cc2)CC1)C(=O)Nc1ccnn1C(C)C. The number of nitrogens with one attached hydrogen (secondary N) is 1. The van der Waals surface area contributed by atoms with Crippen LogP contribution in [0, 0.1) is 5.92 Å². The van der Waals surface area contributed by atoms with Gasteiger partial charge in [0.1, 0.15) is 5.82 Å². The number of hydrogen-bond acceptors (Lipinski definition) is 5. The van der Waals surface area contributed by atoms with Crippen LogP contribution < -0.4 is 5.32 Å². The van der Waals surface area contributed by atoms with Crippen LogP contribution in [0.1, 0.15) is 50.0 Å². The second kappa shape index (κ2) is 9.96. The number of carbonyl (C=O) groups excluding carboxylic acids is 3. The molecule has 0 saturated carbocycles. The highest BCUT2D eigenvalue weighted by Gasteiger charge is 2.31. The number of piperidine rings is 1. The Morgan fingerprint density at radius 3 is 2.35 bits per heavy atom. The van der Waals surface area contributed by atoms with Gasteiger partial charge in [0, 0.05) is 35.8 Å². The van der Waals surface area contributed by atoms with Gasteiger partial charge in [0.15, 0.2) is 6.10 Å². The van der Waals surface area contributed by atoms with Crippen molar-refractivity contribution in [2.24, 2.45) is 5.92 Å². The first-order valence-electron chi connectivity index (χ1n) is 10.4. The van der Waals surface area contributed by atoms with Crippen molar-refractivity contribution in [3.8, 4) is 0 Å². The molecule has 0 bridgehead atoms. The van der Waals surface area contributed by atoms with Crippen molar-refractivity contribution >= 4 is 35.2 Å². The Bertz CT molecular complexity index is 933. The van der Waals surface area contributed by atoms with E-state index in [1.807, 2.05) is 13.8 Å². The summed E-state index contributed by atoms with van der Waals surface area (Å²) in [5.41, 5.74) is 0.566. The third kappa shape index (κ3) is 5.64. The number of benzene rings is 1. The van der Waals surface area contributed by atoms with Crippen molar-refractivity contribution < 1.29 is 19.1 Å². The van der Waals surface area contributed by atoms with Crippen molar-refractivity contribution in [2.75, 3.05) is 18.4 Å². The minimum absolute atomic E-state index is 0.0852. The van der Waals surface area contributed by atoms with Gasteiger partial charge in [-0.3, -0.25) is 14.4 Å². The predicted molar refractivity (Wildman–Crippen MR) is 117 cm³/mol. The van der Waals surface area contributed by atoms with E-state index >= 15 is 0 Å². The molecule has 31 heavy (non-hydrogen) atoms. The van der Waals surface area contributed by atoms with E-state index in [1.165, 1.54) is 0 Å². The van der Waals surface area contributed by atoms with Crippen LogP contribution in [0.4, 0.5) is 5.82 Å². The van der Waals surface area contributed by atoms with E-state index < -0.39 is 18.0 Å². The first-order valence-corrected chi connectivity index (χ1v) is 10.7. The molecule has 1 saturated heterocycles. The summed E-state index contributed by atoms with van der Waals surface area (Å²) in [6, 6.07) is 8.52. The fraction of sp³-hybridized carbons (Fsp3) is 0.455. The van der Waals surface area contributed by atoms with Crippen molar-refractivity contribution in [2.45, 2.75) is 45.8 Å². The Morgan fingerprint density at radius 2 is 1.74 bits per heavy atom. The zero-order valence-electron chi connectivity index (χ0n) is 17.9. The van der Waals surface area contributed by atoms with Gasteiger partial charge < -0.3 is 15.0 Å². The second-order valence-electron chi connectivity index (χ2n) is 7.90. The first-order chi connectivity index (χ1) is 14.8. The molecule has 1 atom stereocenters. The number of nitrogens with zero attached hydrogens (tertiary/aromatic N) is 3. The van der Waals surface area contributed by atoms with E-state index in [4.69, 9.17) is 16.3 Å². The Hall–Kier alpha value is -2.87. The molecular weight excluding hydrogens is 420 g/mol. The summed E-state index contributed by atoms with van der Waals surface area (Å²) in [5.74, 6) is -0.703. The largest absolute Gasteiger partial charge is 0.452 e. The number of likely N-dealkylation sites (tertiary alicyclic amines) is 1. The molecule has 8 nitrogen and oxygen atoms in total. The van der Waals surface area contributed by atoms with E-state index in [0.717, 1.165) is 0 Å². The normalized spacial score (nSPS) is 15.6. The van der Waals surface area contributed by atoms with Gasteiger partial charge in [0.25, 0.3) is 11.8 Å². The summed E-state index contributed by atoms with van der Waals surface area (Å²) in [6.07, 6.45) is 1.65. The van der Waals surface area contributed by atoms with Crippen LogP contribution in [0.25, 0.3) is 0 Å². The number of anilines is 1. The molecule has 0 spiro atoms. The molecule has 0 radical (unpaired) electrons. The third-order valence-corrected chi connectivity index (χ3v) is 5.53.